The van der Waals surface area contributed by atoms with Crippen LogP contribution in [0, 0.1) is 6.92 Å². The highest BCUT2D eigenvalue weighted by Crippen LogP contribution is 2.28. The minimum atomic E-state index is 0.624. The molecule has 3 rings (SSSR count). The molecule has 1 aromatic carbocycles. The maximum atomic E-state index is 5.43. The van der Waals surface area contributed by atoms with Gasteiger partial charge in [-0.25, -0.2) is 4.98 Å². The Kier molecular flexibility index (Phi) is 4.06. The molecule has 0 aliphatic rings. The van der Waals surface area contributed by atoms with Gasteiger partial charge in [-0.05, 0) is 19.1 Å². The molecule has 0 spiro atoms. The number of hydrogen-bond donors (Lipinski definition) is 0. The lowest BCUT2D eigenvalue weighted by molar-refractivity contribution is 0.401. The van der Waals surface area contributed by atoms with Crippen LogP contribution in [0.15, 0.2) is 29.9 Å². The fraction of sp³-hybridized carbons (Fsp3) is 0.267. The van der Waals surface area contributed by atoms with Crippen LogP contribution < -0.4 is 9.47 Å². The fourth-order valence-electron chi connectivity index (χ4n) is 2.18. The summed E-state index contributed by atoms with van der Waals surface area (Å²) in [6.07, 6.45) is 2.30. The molecule has 3 aromatic rings. The Bertz CT molecular complexity index is 781. The molecular formula is C15H16N4O2S. The molecule has 0 N–H and O–H groups in total. The van der Waals surface area contributed by atoms with E-state index >= 15 is 0 Å². The van der Waals surface area contributed by atoms with Crippen molar-refractivity contribution in [2.24, 2.45) is 0 Å². The zero-order valence-electron chi connectivity index (χ0n) is 12.6. The predicted octanol–water partition coefficient (Wildman–Crippen LogP) is 2.64. The number of aryl methyl sites for hydroxylation is 1. The molecule has 0 aliphatic carbocycles. The summed E-state index contributed by atoms with van der Waals surface area (Å²) < 4.78 is 12.6. The van der Waals surface area contributed by atoms with Crippen LogP contribution in [0.4, 0.5) is 0 Å². The topological polar surface area (TPSA) is 62.1 Å². The Morgan fingerprint density at radius 3 is 2.77 bits per heavy atom. The minimum Gasteiger partial charge on any atom is -0.497 e. The van der Waals surface area contributed by atoms with Gasteiger partial charge in [0, 0.05) is 17.1 Å². The molecule has 0 atom stereocenters. The van der Waals surface area contributed by atoms with Crippen LogP contribution in [-0.4, -0.2) is 34.0 Å². The highest BCUT2D eigenvalue weighted by molar-refractivity contribution is 7.09. The zero-order valence-corrected chi connectivity index (χ0v) is 13.4. The molecule has 7 heteroatoms. The van der Waals surface area contributed by atoms with Gasteiger partial charge in [-0.3, -0.25) is 4.57 Å². The Morgan fingerprint density at radius 2 is 2.09 bits per heavy atom. The summed E-state index contributed by atoms with van der Waals surface area (Å²) in [4.78, 5) is 4.48. The number of benzene rings is 1. The van der Waals surface area contributed by atoms with Crippen molar-refractivity contribution in [2.45, 2.75) is 13.3 Å². The van der Waals surface area contributed by atoms with Gasteiger partial charge in [0.2, 0.25) is 0 Å². The normalized spacial score (nSPS) is 10.7. The third-order valence-corrected chi connectivity index (χ3v) is 4.21. The van der Waals surface area contributed by atoms with E-state index in [0.717, 1.165) is 33.7 Å². The second kappa shape index (κ2) is 6.15. The zero-order chi connectivity index (χ0) is 15.5. The molecule has 0 amide bonds. The summed E-state index contributed by atoms with van der Waals surface area (Å²) in [6, 6.07) is 5.63. The van der Waals surface area contributed by atoms with E-state index in [0.29, 0.717) is 6.42 Å². The van der Waals surface area contributed by atoms with Crippen molar-refractivity contribution in [3.05, 3.63) is 46.4 Å². The van der Waals surface area contributed by atoms with E-state index in [1.54, 1.807) is 31.9 Å². The van der Waals surface area contributed by atoms with Gasteiger partial charge in [-0.2, -0.15) is 0 Å². The highest BCUT2D eigenvalue weighted by atomic mass is 32.1. The number of ether oxygens (including phenoxy) is 2. The first-order valence-corrected chi connectivity index (χ1v) is 7.61. The molecule has 0 aliphatic heterocycles. The van der Waals surface area contributed by atoms with Crippen LogP contribution in [0.2, 0.25) is 0 Å². The van der Waals surface area contributed by atoms with Crippen LogP contribution in [-0.2, 0) is 6.42 Å². The lowest BCUT2D eigenvalue weighted by Gasteiger charge is -2.12. The van der Waals surface area contributed by atoms with Crippen LogP contribution in [0.5, 0.6) is 11.5 Å². The second-order valence-electron chi connectivity index (χ2n) is 4.71. The van der Waals surface area contributed by atoms with Crippen LogP contribution in [0.25, 0.3) is 5.69 Å². The van der Waals surface area contributed by atoms with Crippen LogP contribution in [0.3, 0.4) is 0 Å². The van der Waals surface area contributed by atoms with Gasteiger partial charge in [-0.15, -0.1) is 21.5 Å². The summed E-state index contributed by atoms with van der Waals surface area (Å²) in [5.74, 6) is 2.29. The first kappa shape index (κ1) is 14.5. The van der Waals surface area contributed by atoms with E-state index in [-0.39, 0.29) is 0 Å². The fourth-order valence-corrected chi connectivity index (χ4v) is 2.95. The Labute approximate surface area is 132 Å². The van der Waals surface area contributed by atoms with Gasteiger partial charge in [-0.1, -0.05) is 0 Å². The molecule has 2 aromatic heterocycles. The van der Waals surface area contributed by atoms with Gasteiger partial charge in [0.1, 0.15) is 28.7 Å². The number of aromatic nitrogens is 4. The number of nitrogens with zero attached hydrogens (tertiary/aromatic N) is 4. The molecule has 0 unspecified atom stereocenters. The van der Waals surface area contributed by atoms with Crippen molar-refractivity contribution in [2.75, 3.05) is 14.2 Å². The molecule has 0 saturated carbocycles. The second-order valence-corrected chi connectivity index (χ2v) is 5.66. The minimum absolute atomic E-state index is 0.624. The molecular weight excluding hydrogens is 300 g/mol. The van der Waals surface area contributed by atoms with Gasteiger partial charge in [0.25, 0.3) is 0 Å². The average molecular weight is 316 g/mol. The summed E-state index contributed by atoms with van der Waals surface area (Å²) in [6.45, 7) is 1.98. The number of thiazole rings is 1. The lowest BCUT2D eigenvalue weighted by atomic mass is 10.2. The third-order valence-electron chi connectivity index (χ3n) is 3.24. The van der Waals surface area contributed by atoms with Gasteiger partial charge in [0.05, 0.1) is 26.3 Å². The summed E-state index contributed by atoms with van der Waals surface area (Å²) in [5.41, 5.74) is 1.86. The largest absolute Gasteiger partial charge is 0.497 e. The molecule has 0 bridgehead atoms. The predicted molar refractivity (Wildman–Crippen MR) is 84.1 cm³/mol. The first-order valence-electron chi connectivity index (χ1n) is 6.73. The first-order chi connectivity index (χ1) is 10.7. The maximum Gasteiger partial charge on any atom is 0.144 e. The highest BCUT2D eigenvalue weighted by Gasteiger charge is 2.14. The molecule has 6 nitrogen and oxygen atoms in total. The number of methoxy groups -OCH3 is 2. The monoisotopic (exact) mass is 316 g/mol. The smallest absolute Gasteiger partial charge is 0.144 e. The van der Waals surface area contributed by atoms with Gasteiger partial charge in [0.15, 0.2) is 0 Å². The Balaban J connectivity index is 2.00. The Morgan fingerprint density at radius 1 is 1.23 bits per heavy atom. The average Bonchev–Trinajstić information content (AvgIpc) is 3.16. The van der Waals surface area contributed by atoms with Crippen molar-refractivity contribution in [1.82, 2.24) is 19.7 Å². The maximum absolute atomic E-state index is 5.43. The summed E-state index contributed by atoms with van der Waals surface area (Å²) >= 11 is 1.62. The SMILES string of the molecule is COc1ccc(OC)c(-n2cnnc2Cc2nc(C)cs2)c1. The molecule has 0 radical (unpaired) electrons. The molecule has 22 heavy (non-hydrogen) atoms. The van der Waals surface area contributed by atoms with Crippen molar-refractivity contribution in [3.63, 3.8) is 0 Å². The van der Waals surface area contributed by atoms with E-state index in [1.807, 2.05) is 35.1 Å². The van der Waals surface area contributed by atoms with Crippen molar-refractivity contribution in [3.8, 4) is 17.2 Å². The summed E-state index contributed by atoms with van der Waals surface area (Å²) in [5, 5.41) is 11.3. The van der Waals surface area contributed by atoms with E-state index < -0.39 is 0 Å². The van der Waals surface area contributed by atoms with E-state index in [2.05, 4.69) is 15.2 Å². The molecule has 0 fully saturated rings. The quantitative estimate of drug-likeness (QED) is 0.724. The van der Waals surface area contributed by atoms with Gasteiger partial charge >= 0.3 is 0 Å². The van der Waals surface area contributed by atoms with Crippen molar-refractivity contribution >= 4 is 11.3 Å². The molecule has 0 saturated heterocycles. The van der Waals surface area contributed by atoms with Crippen molar-refractivity contribution in [1.29, 1.82) is 0 Å². The number of hydrogen-bond acceptors (Lipinski definition) is 6. The van der Waals surface area contributed by atoms with Crippen LogP contribution in [0.1, 0.15) is 16.5 Å². The van der Waals surface area contributed by atoms with Crippen LogP contribution >= 0.6 is 11.3 Å². The number of rotatable bonds is 5. The Hall–Kier alpha value is -2.41. The lowest BCUT2D eigenvalue weighted by Crippen LogP contribution is -2.04. The molecule has 2 heterocycles. The van der Waals surface area contributed by atoms with E-state index in [4.69, 9.17) is 9.47 Å². The molecule has 114 valence electrons. The van der Waals surface area contributed by atoms with E-state index in [1.165, 1.54) is 0 Å². The van der Waals surface area contributed by atoms with E-state index in [9.17, 15) is 0 Å². The third kappa shape index (κ3) is 2.80. The summed E-state index contributed by atoms with van der Waals surface area (Å²) in [7, 11) is 3.27. The van der Waals surface area contributed by atoms with Gasteiger partial charge < -0.3 is 9.47 Å². The van der Waals surface area contributed by atoms with Crippen molar-refractivity contribution < 1.29 is 9.47 Å². The standard InChI is InChI=1S/C15H16N4O2S/c1-10-8-22-15(17-10)7-14-18-16-9-19(14)12-6-11(20-2)4-5-13(12)21-3/h4-6,8-9H,7H2,1-3H3.